The molecule has 2 aliphatic rings. The van der Waals surface area contributed by atoms with Crippen LogP contribution >= 0.6 is 0 Å². The molecule has 1 aliphatic heterocycles. The van der Waals surface area contributed by atoms with E-state index in [1.807, 2.05) is 0 Å². The van der Waals surface area contributed by atoms with E-state index in [1.165, 1.54) is 19.3 Å². The van der Waals surface area contributed by atoms with Crippen molar-refractivity contribution >= 4 is 5.78 Å². The number of nitrogens with one attached hydrogen (secondary N) is 1. The van der Waals surface area contributed by atoms with Crippen LogP contribution in [-0.2, 0) is 4.79 Å². The van der Waals surface area contributed by atoms with E-state index >= 15 is 0 Å². The van der Waals surface area contributed by atoms with Gasteiger partial charge in [0.15, 0.2) is 5.78 Å². The number of hydrogen-bond acceptors (Lipinski definition) is 2. The molecule has 1 unspecified atom stereocenters. The van der Waals surface area contributed by atoms with Crippen LogP contribution in [-0.4, -0.2) is 18.4 Å². The lowest BCUT2D eigenvalue weighted by atomic mass is 9.85. The highest BCUT2D eigenvalue weighted by Crippen LogP contribution is 2.26. The van der Waals surface area contributed by atoms with E-state index in [0.717, 1.165) is 19.4 Å². The van der Waals surface area contributed by atoms with Crippen molar-refractivity contribution in [2.75, 3.05) is 6.54 Å². The van der Waals surface area contributed by atoms with Crippen molar-refractivity contribution < 1.29 is 4.79 Å². The van der Waals surface area contributed by atoms with Gasteiger partial charge in [-0.25, -0.2) is 0 Å². The van der Waals surface area contributed by atoms with Crippen LogP contribution < -0.4 is 5.32 Å². The van der Waals surface area contributed by atoms with Gasteiger partial charge in [-0.1, -0.05) is 19.3 Å². The van der Waals surface area contributed by atoms with Crippen LogP contribution in [0.3, 0.4) is 0 Å². The third kappa shape index (κ3) is 1.62. The number of rotatable bonds is 2. The number of ketones is 1. The molecule has 1 heterocycles. The monoisotopic (exact) mass is 153 g/mol. The van der Waals surface area contributed by atoms with Crippen LogP contribution in [0.25, 0.3) is 0 Å². The molecule has 0 amide bonds. The van der Waals surface area contributed by atoms with Gasteiger partial charge in [-0.3, -0.25) is 4.79 Å². The fraction of sp³-hybridized carbons (Fsp3) is 0.889. The van der Waals surface area contributed by atoms with Crippen molar-refractivity contribution in [2.45, 2.75) is 38.1 Å². The lowest BCUT2D eigenvalue weighted by Gasteiger charge is -2.19. The molecular weight excluding hydrogens is 138 g/mol. The predicted molar refractivity (Wildman–Crippen MR) is 43.4 cm³/mol. The summed E-state index contributed by atoms with van der Waals surface area (Å²) in [6.07, 6.45) is 6.17. The van der Waals surface area contributed by atoms with Gasteiger partial charge in [-0.15, -0.1) is 0 Å². The van der Waals surface area contributed by atoms with Gasteiger partial charge in [-0.05, 0) is 12.8 Å². The second-order valence-corrected chi connectivity index (χ2v) is 3.70. The Bertz CT molecular complexity index is 157. The molecule has 2 heteroatoms. The summed E-state index contributed by atoms with van der Waals surface area (Å²) in [6.45, 7) is 0.940. The van der Waals surface area contributed by atoms with Crippen LogP contribution in [0.5, 0.6) is 0 Å². The first-order valence-electron chi connectivity index (χ1n) is 4.65. The van der Waals surface area contributed by atoms with E-state index < -0.39 is 0 Å². The normalized spacial score (nSPS) is 31.8. The van der Waals surface area contributed by atoms with Crippen molar-refractivity contribution in [3.05, 3.63) is 0 Å². The van der Waals surface area contributed by atoms with Crippen LogP contribution in [0, 0.1) is 5.92 Å². The number of hydrogen-bond donors (Lipinski definition) is 1. The molecule has 0 bridgehead atoms. The van der Waals surface area contributed by atoms with Gasteiger partial charge in [0, 0.05) is 12.5 Å². The first-order chi connectivity index (χ1) is 5.38. The molecule has 1 atom stereocenters. The summed E-state index contributed by atoms with van der Waals surface area (Å²) < 4.78 is 0. The molecule has 2 fully saturated rings. The Morgan fingerprint density at radius 2 is 1.82 bits per heavy atom. The van der Waals surface area contributed by atoms with Crippen molar-refractivity contribution in [3.8, 4) is 0 Å². The van der Waals surface area contributed by atoms with Crippen molar-refractivity contribution in [1.29, 1.82) is 0 Å². The van der Waals surface area contributed by atoms with Gasteiger partial charge in [0.05, 0.1) is 6.04 Å². The van der Waals surface area contributed by atoms with Gasteiger partial charge in [-0.2, -0.15) is 0 Å². The van der Waals surface area contributed by atoms with E-state index in [-0.39, 0.29) is 6.04 Å². The van der Waals surface area contributed by atoms with Crippen molar-refractivity contribution in [3.63, 3.8) is 0 Å². The van der Waals surface area contributed by atoms with Gasteiger partial charge < -0.3 is 5.32 Å². The Morgan fingerprint density at radius 3 is 2.36 bits per heavy atom. The quantitative estimate of drug-likeness (QED) is 0.603. The van der Waals surface area contributed by atoms with Crippen molar-refractivity contribution in [2.24, 2.45) is 5.92 Å². The third-order valence-corrected chi connectivity index (χ3v) is 2.76. The highest BCUT2D eigenvalue weighted by atomic mass is 16.1. The summed E-state index contributed by atoms with van der Waals surface area (Å²) in [7, 11) is 0. The molecule has 1 saturated heterocycles. The number of carbonyl (C=O) groups is 1. The van der Waals surface area contributed by atoms with Gasteiger partial charge in [0.25, 0.3) is 0 Å². The van der Waals surface area contributed by atoms with Crippen LogP contribution in [0.2, 0.25) is 0 Å². The molecule has 2 nitrogen and oxygen atoms in total. The molecule has 0 aromatic carbocycles. The standard InChI is InChI=1S/C9H15NO/c11-9(8-6-10-8)7-4-2-1-3-5-7/h7-8,10H,1-6H2. The maximum absolute atomic E-state index is 11.5. The average molecular weight is 153 g/mol. The SMILES string of the molecule is O=C(C1CCCCC1)C1CN1. The molecule has 1 N–H and O–H groups in total. The second-order valence-electron chi connectivity index (χ2n) is 3.70. The second kappa shape index (κ2) is 2.94. The topological polar surface area (TPSA) is 39.0 Å². The van der Waals surface area contributed by atoms with Gasteiger partial charge >= 0.3 is 0 Å². The molecule has 0 aromatic heterocycles. The Kier molecular flexibility index (Phi) is 1.95. The summed E-state index contributed by atoms with van der Waals surface area (Å²) in [6, 6.07) is 0.248. The van der Waals surface area contributed by atoms with Gasteiger partial charge in [0.1, 0.15) is 0 Å². The molecule has 0 radical (unpaired) electrons. The Hall–Kier alpha value is -0.370. The largest absolute Gasteiger partial charge is 0.304 e. The zero-order chi connectivity index (χ0) is 7.68. The maximum Gasteiger partial charge on any atom is 0.154 e. The minimum absolute atomic E-state index is 0.248. The van der Waals surface area contributed by atoms with E-state index in [1.54, 1.807) is 0 Å². The summed E-state index contributed by atoms with van der Waals surface area (Å²) in [5, 5.41) is 3.08. The first-order valence-corrected chi connectivity index (χ1v) is 4.65. The molecular formula is C9H15NO. The molecule has 2 rings (SSSR count). The highest BCUT2D eigenvalue weighted by Gasteiger charge is 2.34. The first kappa shape index (κ1) is 7.29. The summed E-state index contributed by atoms with van der Waals surface area (Å²) >= 11 is 0. The Balaban J connectivity index is 1.86. The summed E-state index contributed by atoms with van der Waals surface area (Å²) in [5.41, 5.74) is 0. The fourth-order valence-corrected chi connectivity index (χ4v) is 1.93. The smallest absolute Gasteiger partial charge is 0.154 e. The Labute approximate surface area is 67.4 Å². The summed E-state index contributed by atoms with van der Waals surface area (Å²) in [4.78, 5) is 11.5. The van der Waals surface area contributed by atoms with Gasteiger partial charge in [0.2, 0.25) is 0 Å². The van der Waals surface area contributed by atoms with E-state index in [9.17, 15) is 4.79 Å². The zero-order valence-corrected chi connectivity index (χ0v) is 6.81. The fourth-order valence-electron chi connectivity index (χ4n) is 1.93. The van der Waals surface area contributed by atoms with Crippen LogP contribution in [0.15, 0.2) is 0 Å². The minimum Gasteiger partial charge on any atom is -0.304 e. The maximum atomic E-state index is 11.5. The lowest BCUT2D eigenvalue weighted by Crippen LogP contribution is -2.23. The molecule has 11 heavy (non-hydrogen) atoms. The van der Waals surface area contributed by atoms with Crippen molar-refractivity contribution in [1.82, 2.24) is 5.32 Å². The molecule has 0 aromatic rings. The van der Waals surface area contributed by atoms with Crippen LogP contribution in [0.4, 0.5) is 0 Å². The molecule has 1 aliphatic carbocycles. The molecule has 0 spiro atoms. The number of Topliss-reactive ketones (excluding diaryl/α,β-unsaturated/α-hetero) is 1. The lowest BCUT2D eigenvalue weighted by molar-refractivity contribution is -0.123. The van der Waals surface area contributed by atoms with E-state index in [2.05, 4.69) is 5.32 Å². The summed E-state index contributed by atoms with van der Waals surface area (Å²) in [5.74, 6) is 0.897. The van der Waals surface area contributed by atoms with E-state index in [0.29, 0.717) is 11.7 Å². The molecule has 62 valence electrons. The third-order valence-electron chi connectivity index (χ3n) is 2.76. The molecule has 1 saturated carbocycles. The zero-order valence-electron chi connectivity index (χ0n) is 6.81. The Morgan fingerprint density at radius 1 is 1.18 bits per heavy atom. The average Bonchev–Trinajstić information content (AvgIpc) is 2.87. The highest BCUT2D eigenvalue weighted by molar-refractivity contribution is 5.88. The van der Waals surface area contributed by atoms with E-state index in [4.69, 9.17) is 0 Å². The minimum atomic E-state index is 0.248. The number of carbonyl (C=O) groups excluding carboxylic acids is 1. The van der Waals surface area contributed by atoms with Crippen LogP contribution in [0.1, 0.15) is 32.1 Å². The predicted octanol–water partition coefficient (Wildman–Crippen LogP) is 1.11.